The molecule has 0 fully saturated rings. The average molecular weight is 536 g/mol. The molecule has 2 unspecified atom stereocenters. The monoisotopic (exact) mass is 535 g/mol. The second-order valence-electron chi connectivity index (χ2n) is 10.3. The first-order valence-corrected chi connectivity index (χ1v) is 14.2. The Hall–Kier alpha value is -4.82. The fraction of sp³-hybridized carbons (Fsp3) is 0.128. The molecule has 41 heavy (non-hydrogen) atoms. The normalized spacial score (nSPS) is 14.9. The summed E-state index contributed by atoms with van der Waals surface area (Å²) in [5.41, 5.74) is 9.18. The van der Waals surface area contributed by atoms with Crippen LogP contribution in [0.5, 0.6) is 0 Å². The van der Waals surface area contributed by atoms with Crippen molar-refractivity contribution in [1.82, 2.24) is 5.32 Å². The Kier molecular flexibility index (Phi) is 9.13. The van der Waals surface area contributed by atoms with Gasteiger partial charge in [-0.25, -0.2) is 0 Å². The van der Waals surface area contributed by atoms with Crippen molar-refractivity contribution >= 4 is 11.1 Å². The Morgan fingerprint density at radius 3 is 1.95 bits per heavy atom. The Labute approximate surface area is 244 Å². The molecule has 0 aliphatic heterocycles. The van der Waals surface area contributed by atoms with Gasteiger partial charge in [-0.2, -0.15) is 0 Å². The maximum Gasteiger partial charge on any atom is 0.127 e. The summed E-state index contributed by atoms with van der Waals surface area (Å²) in [4.78, 5) is 0. The Morgan fingerprint density at radius 1 is 0.707 bits per heavy atom. The van der Waals surface area contributed by atoms with Crippen molar-refractivity contribution in [2.24, 2.45) is 0 Å². The second kappa shape index (κ2) is 13.5. The summed E-state index contributed by atoms with van der Waals surface area (Å²) in [5, 5.41) is 3.48. The highest BCUT2D eigenvalue weighted by molar-refractivity contribution is 5.83. The molecule has 4 aromatic rings. The molecule has 5 rings (SSSR count). The highest BCUT2D eigenvalue weighted by atomic mass is 16.5. The number of hydrogen-bond acceptors (Lipinski definition) is 2. The molecule has 1 aliphatic rings. The van der Waals surface area contributed by atoms with E-state index in [2.05, 4.69) is 122 Å². The molecule has 2 heteroatoms. The van der Waals surface area contributed by atoms with Gasteiger partial charge in [0.2, 0.25) is 0 Å². The molecule has 0 saturated carbocycles. The molecule has 0 radical (unpaired) electrons. The first-order valence-electron chi connectivity index (χ1n) is 14.2. The molecule has 0 amide bonds. The Balaban J connectivity index is 1.20. The molecule has 2 atom stereocenters. The standard InChI is InChI=1S/C39H37NO/c1-29(28-41-31(3)39(35-22-14-7-15-23-35)30(2)32-16-8-4-9-17-32)40-25-24-36-26-37(33-18-10-5-11-19-33)27-38(36)34-20-12-6-13-21-34/h4-23,26-27,37,39-40H,1-3,24-25,28H2. The third-order valence-electron chi connectivity index (χ3n) is 7.49. The summed E-state index contributed by atoms with van der Waals surface area (Å²) < 4.78 is 6.21. The van der Waals surface area contributed by atoms with Crippen LogP contribution in [0, 0.1) is 0 Å². The van der Waals surface area contributed by atoms with E-state index in [0.29, 0.717) is 12.4 Å². The summed E-state index contributed by atoms with van der Waals surface area (Å²) in [6.07, 6.45) is 5.66. The zero-order valence-corrected chi connectivity index (χ0v) is 23.5. The SMILES string of the molecule is C=C(COC(=C)C(C(=C)c1ccccc1)c1ccccc1)NCCC1=CC(c2ccccc2)C=C1c1ccccc1. The Morgan fingerprint density at radius 2 is 1.29 bits per heavy atom. The van der Waals surface area contributed by atoms with Gasteiger partial charge in [0.05, 0.1) is 5.92 Å². The smallest absolute Gasteiger partial charge is 0.127 e. The van der Waals surface area contributed by atoms with Gasteiger partial charge < -0.3 is 10.1 Å². The third kappa shape index (κ3) is 7.04. The van der Waals surface area contributed by atoms with Gasteiger partial charge in [-0.3, -0.25) is 0 Å². The van der Waals surface area contributed by atoms with Crippen molar-refractivity contribution < 1.29 is 4.74 Å². The van der Waals surface area contributed by atoms with Crippen LogP contribution in [0.4, 0.5) is 0 Å². The van der Waals surface area contributed by atoms with Crippen LogP contribution in [0.1, 0.15) is 40.5 Å². The Bertz CT molecular complexity index is 1530. The molecule has 2 nitrogen and oxygen atoms in total. The summed E-state index contributed by atoms with van der Waals surface area (Å²) >= 11 is 0. The van der Waals surface area contributed by atoms with Crippen molar-refractivity contribution in [3.8, 4) is 0 Å². The molecule has 204 valence electrons. The number of hydrogen-bond donors (Lipinski definition) is 1. The van der Waals surface area contributed by atoms with Crippen molar-refractivity contribution in [3.63, 3.8) is 0 Å². The summed E-state index contributed by atoms with van der Waals surface area (Å²) in [6.45, 7) is 14.1. The van der Waals surface area contributed by atoms with E-state index >= 15 is 0 Å². The predicted molar refractivity (Wildman–Crippen MR) is 173 cm³/mol. The van der Waals surface area contributed by atoms with Crippen molar-refractivity contribution in [2.45, 2.75) is 18.3 Å². The molecule has 1 N–H and O–H groups in total. The minimum absolute atomic E-state index is 0.150. The van der Waals surface area contributed by atoms with Crippen molar-refractivity contribution in [2.75, 3.05) is 13.2 Å². The van der Waals surface area contributed by atoms with Crippen LogP contribution < -0.4 is 5.32 Å². The van der Waals surface area contributed by atoms with E-state index in [1.807, 2.05) is 36.4 Å². The first-order chi connectivity index (χ1) is 20.1. The average Bonchev–Trinajstić information content (AvgIpc) is 3.46. The van der Waals surface area contributed by atoms with Gasteiger partial charge in [0, 0.05) is 18.2 Å². The van der Waals surface area contributed by atoms with Crippen LogP contribution in [0.2, 0.25) is 0 Å². The zero-order chi connectivity index (χ0) is 28.4. The molecule has 0 spiro atoms. The fourth-order valence-electron chi connectivity index (χ4n) is 5.36. The van der Waals surface area contributed by atoms with Crippen LogP contribution in [0.3, 0.4) is 0 Å². The highest BCUT2D eigenvalue weighted by Gasteiger charge is 2.22. The molecular weight excluding hydrogens is 498 g/mol. The molecule has 0 saturated heterocycles. The van der Waals surface area contributed by atoms with Crippen LogP contribution >= 0.6 is 0 Å². The summed E-state index contributed by atoms with van der Waals surface area (Å²) in [7, 11) is 0. The van der Waals surface area contributed by atoms with Gasteiger partial charge >= 0.3 is 0 Å². The lowest BCUT2D eigenvalue weighted by atomic mass is 9.86. The molecule has 4 aromatic carbocycles. The van der Waals surface area contributed by atoms with E-state index in [9.17, 15) is 0 Å². The number of benzene rings is 4. The quantitative estimate of drug-likeness (QED) is 0.172. The maximum absolute atomic E-state index is 6.21. The molecule has 0 bridgehead atoms. The van der Waals surface area contributed by atoms with Gasteiger partial charge in [0.25, 0.3) is 0 Å². The minimum atomic E-state index is -0.150. The second-order valence-corrected chi connectivity index (χ2v) is 10.3. The molecule has 0 heterocycles. The molecule has 1 aliphatic carbocycles. The van der Waals surface area contributed by atoms with E-state index < -0.39 is 0 Å². The lowest BCUT2D eigenvalue weighted by Gasteiger charge is -2.24. The predicted octanol–water partition coefficient (Wildman–Crippen LogP) is 9.31. The fourth-order valence-corrected chi connectivity index (χ4v) is 5.36. The number of ether oxygens (including phenoxy) is 1. The van der Waals surface area contributed by atoms with E-state index in [0.717, 1.165) is 35.4 Å². The van der Waals surface area contributed by atoms with E-state index in [4.69, 9.17) is 4.74 Å². The van der Waals surface area contributed by atoms with Crippen LogP contribution in [0.25, 0.3) is 11.1 Å². The zero-order valence-electron chi connectivity index (χ0n) is 23.5. The lowest BCUT2D eigenvalue weighted by Crippen LogP contribution is -2.19. The van der Waals surface area contributed by atoms with Crippen molar-refractivity contribution in [3.05, 3.63) is 192 Å². The summed E-state index contributed by atoms with van der Waals surface area (Å²) in [5.74, 6) is 0.791. The van der Waals surface area contributed by atoms with E-state index in [1.54, 1.807) is 0 Å². The third-order valence-corrected chi connectivity index (χ3v) is 7.49. The van der Waals surface area contributed by atoms with Crippen LogP contribution in [0.15, 0.2) is 170 Å². The topological polar surface area (TPSA) is 21.3 Å². The van der Waals surface area contributed by atoms with Crippen LogP contribution in [-0.4, -0.2) is 13.2 Å². The molecule has 0 aromatic heterocycles. The first kappa shape index (κ1) is 27.7. The number of allylic oxidation sites excluding steroid dienone is 4. The van der Waals surface area contributed by atoms with Crippen molar-refractivity contribution in [1.29, 1.82) is 0 Å². The van der Waals surface area contributed by atoms with Gasteiger partial charge in [0.1, 0.15) is 12.4 Å². The van der Waals surface area contributed by atoms with Gasteiger partial charge in [-0.05, 0) is 45.4 Å². The largest absolute Gasteiger partial charge is 0.491 e. The number of nitrogens with one attached hydrogen (secondary N) is 1. The van der Waals surface area contributed by atoms with Gasteiger partial charge in [-0.15, -0.1) is 0 Å². The lowest BCUT2D eigenvalue weighted by molar-refractivity contribution is 0.224. The van der Waals surface area contributed by atoms with Gasteiger partial charge in [0.15, 0.2) is 0 Å². The highest BCUT2D eigenvalue weighted by Crippen LogP contribution is 2.39. The molecular formula is C39H37NO. The van der Waals surface area contributed by atoms with Gasteiger partial charge in [-0.1, -0.05) is 153 Å². The summed E-state index contributed by atoms with van der Waals surface area (Å²) in [6, 6.07) is 41.8. The minimum Gasteiger partial charge on any atom is -0.491 e. The number of rotatable bonds is 13. The maximum atomic E-state index is 6.21. The van der Waals surface area contributed by atoms with E-state index in [1.165, 1.54) is 22.3 Å². The van der Waals surface area contributed by atoms with E-state index in [-0.39, 0.29) is 11.8 Å². The van der Waals surface area contributed by atoms with Crippen LogP contribution in [-0.2, 0) is 4.74 Å².